The quantitative estimate of drug-likeness (QED) is 0.760. The van der Waals surface area contributed by atoms with Crippen molar-refractivity contribution in [3.05, 3.63) is 36.3 Å². The molecule has 1 aliphatic carbocycles. The fraction of sp³-hybridized carbons (Fsp3) is 0.500. The number of aliphatic hydroxyl groups excluding tert-OH is 1. The Bertz CT molecular complexity index is 813. The lowest BCUT2D eigenvalue weighted by atomic mass is 9.76. The molecule has 0 aliphatic heterocycles. The molecule has 1 fully saturated rings. The van der Waals surface area contributed by atoms with Crippen LogP contribution < -0.4 is 9.46 Å². The first-order valence-electron chi connectivity index (χ1n) is 8.15. The molecule has 2 heterocycles. The van der Waals surface area contributed by atoms with Crippen LogP contribution in [0.1, 0.15) is 31.4 Å². The standard InChI is InChI=1S/C16H22N4O4S/c1-3-20-10-14(9-18-20)25(22,23)19-16(12-6-13(21)7-12)11-4-5-15(24-2)17-8-11/h4-5,8-10,12-13,16,19,21H,3,6-7H2,1-2H3/t12?,13?,16-/m1/s1. The number of hydrogen-bond donors (Lipinski definition) is 2. The van der Waals surface area contributed by atoms with E-state index < -0.39 is 16.1 Å². The van der Waals surface area contributed by atoms with E-state index in [0.29, 0.717) is 25.3 Å². The van der Waals surface area contributed by atoms with Gasteiger partial charge in [-0.05, 0) is 31.2 Å². The Morgan fingerprint density at radius 3 is 2.68 bits per heavy atom. The average Bonchev–Trinajstić information content (AvgIpc) is 3.07. The number of methoxy groups -OCH3 is 1. The molecule has 2 aromatic rings. The van der Waals surface area contributed by atoms with Crippen LogP contribution >= 0.6 is 0 Å². The van der Waals surface area contributed by atoms with Crippen molar-refractivity contribution in [2.75, 3.05) is 7.11 Å². The molecule has 136 valence electrons. The second-order valence-electron chi connectivity index (χ2n) is 6.15. The number of aryl methyl sites for hydroxylation is 1. The van der Waals surface area contributed by atoms with Crippen molar-refractivity contribution < 1.29 is 18.3 Å². The number of aliphatic hydroxyl groups is 1. The van der Waals surface area contributed by atoms with Gasteiger partial charge in [0, 0.05) is 25.0 Å². The molecular weight excluding hydrogens is 344 g/mol. The van der Waals surface area contributed by atoms with E-state index in [1.165, 1.54) is 19.5 Å². The summed E-state index contributed by atoms with van der Waals surface area (Å²) in [6.07, 6.45) is 5.16. The van der Waals surface area contributed by atoms with Crippen molar-refractivity contribution in [1.29, 1.82) is 0 Å². The van der Waals surface area contributed by atoms with Gasteiger partial charge in [0.25, 0.3) is 0 Å². The largest absolute Gasteiger partial charge is 0.481 e. The van der Waals surface area contributed by atoms with Crippen LogP contribution in [0.15, 0.2) is 35.6 Å². The molecule has 0 unspecified atom stereocenters. The summed E-state index contributed by atoms with van der Waals surface area (Å²) >= 11 is 0. The van der Waals surface area contributed by atoms with E-state index in [2.05, 4.69) is 14.8 Å². The Balaban J connectivity index is 1.86. The number of nitrogens with zero attached hydrogens (tertiary/aromatic N) is 3. The van der Waals surface area contributed by atoms with Gasteiger partial charge in [0.2, 0.25) is 15.9 Å². The molecule has 3 rings (SSSR count). The minimum absolute atomic E-state index is 0.0150. The van der Waals surface area contributed by atoms with Crippen LogP contribution in [0.4, 0.5) is 0 Å². The Kier molecular flexibility index (Phi) is 5.07. The molecular formula is C16H22N4O4S. The molecule has 2 N–H and O–H groups in total. The average molecular weight is 366 g/mol. The number of nitrogens with one attached hydrogen (secondary N) is 1. The minimum Gasteiger partial charge on any atom is -0.481 e. The van der Waals surface area contributed by atoms with Crippen LogP contribution in [0, 0.1) is 5.92 Å². The number of hydrogen-bond acceptors (Lipinski definition) is 6. The molecule has 1 atom stereocenters. The van der Waals surface area contributed by atoms with Crippen LogP contribution in [0.5, 0.6) is 5.88 Å². The van der Waals surface area contributed by atoms with Crippen molar-refractivity contribution in [3.8, 4) is 5.88 Å². The summed E-state index contributed by atoms with van der Waals surface area (Å²) in [6, 6.07) is 3.02. The number of sulfonamides is 1. The fourth-order valence-electron chi connectivity index (χ4n) is 2.93. The van der Waals surface area contributed by atoms with Crippen molar-refractivity contribution in [3.63, 3.8) is 0 Å². The predicted octanol–water partition coefficient (Wildman–Crippen LogP) is 1.10. The second-order valence-corrected chi connectivity index (χ2v) is 7.86. The lowest BCUT2D eigenvalue weighted by Gasteiger charge is -2.37. The lowest BCUT2D eigenvalue weighted by Crippen LogP contribution is -2.41. The molecule has 0 radical (unpaired) electrons. The first-order chi connectivity index (χ1) is 11.9. The molecule has 2 aromatic heterocycles. The summed E-state index contributed by atoms with van der Waals surface area (Å²) in [6.45, 7) is 2.48. The number of ether oxygens (including phenoxy) is 1. The van der Waals surface area contributed by atoms with Crippen molar-refractivity contribution in [1.82, 2.24) is 19.5 Å². The smallest absolute Gasteiger partial charge is 0.244 e. The van der Waals surface area contributed by atoms with Crippen molar-refractivity contribution in [2.45, 2.75) is 43.4 Å². The van der Waals surface area contributed by atoms with Crippen molar-refractivity contribution in [2.24, 2.45) is 5.92 Å². The molecule has 25 heavy (non-hydrogen) atoms. The van der Waals surface area contributed by atoms with Gasteiger partial charge in [-0.1, -0.05) is 6.07 Å². The summed E-state index contributed by atoms with van der Waals surface area (Å²) in [5.41, 5.74) is 0.740. The van der Waals surface area contributed by atoms with E-state index in [-0.39, 0.29) is 16.9 Å². The SMILES string of the molecule is CCn1cc(S(=O)(=O)N[C@H](c2ccc(OC)nc2)C2CC(O)C2)cn1. The highest BCUT2D eigenvalue weighted by molar-refractivity contribution is 7.89. The van der Waals surface area contributed by atoms with Gasteiger partial charge >= 0.3 is 0 Å². The van der Waals surface area contributed by atoms with E-state index >= 15 is 0 Å². The molecule has 0 aromatic carbocycles. The molecule has 0 amide bonds. The summed E-state index contributed by atoms with van der Waals surface area (Å²) in [5.74, 6) is 0.476. The first-order valence-corrected chi connectivity index (χ1v) is 9.64. The minimum atomic E-state index is -3.73. The maximum atomic E-state index is 12.7. The molecule has 8 nitrogen and oxygen atoms in total. The van der Waals surface area contributed by atoms with E-state index in [4.69, 9.17) is 4.74 Å². The third-order valence-electron chi connectivity index (χ3n) is 4.47. The first kappa shape index (κ1) is 17.8. The van der Waals surface area contributed by atoms with Crippen LogP contribution in [0.25, 0.3) is 0 Å². The summed E-state index contributed by atoms with van der Waals surface area (Å²) in [7, 11) is -2.20. The van der Waals surface area contributed by atoms with E-state index in [0.717, 1.165) is 5.56 Å². The highest BCUT2D eigenvalue weighted by Crippen LogP contribution is 2.39. The Labute approximate surface area is 146 Å². The van der Waals surface area contributed by atoms with Gasteiger partial charge in [-0.3, -0.25) is 4.68 Å². The summed E-state index contributed by atoms with van der Waals surface area (Å²) < 4.78 is 34.8. The zero-order chi connectivity index (χ0) is 18.0. The fourth-order valence-corrected chi connectivity index (χ4v) is 4.17. The normalized spacial score (nSPS) is 21.6. The summed E-state index contributed by atoms with van der Waals surface area (Å²) in [5, 5.41) is 13.6. The van der Waals surface area contributed by atoms with Crippen LogP contribution in [0.3, 0.4) is 0 Å². The zero-order valence-electron chi connectivity index (χ0n) is 14.2. The Hall–Kier alpha value is -1.97. The van der Waals surface area contributed by atoms with Crippen molar-refractivity contribution >= 4 is 10.0 Å². The van der Waals surface area contributed by atoms with Gasteiger partial charge in [-0.2, -0.15) is 5.10 Å². The highest BCUT2D eigenvalue weighted by Gasteiger charge is 2.37. The molecule has 0 bridgehead atoms. The molecule has 1 saturated carbocycles. The number of rotatable bonds is 7. The van der Waals surface area contributed by atoms with Crippen LogP contribution in [0.2, 0.25) is 0 Å². The maximum absolute atomic E-state index is 12.7. The van der Waals surface area contributed by atoms with E-state index in [1.54, 1.807) is 23.0 Å². The second kappa shape index (κ2) is 7.11. The number of pyridine rings is 1. The molecule has 9 heteroatoms. The molecule has 1 aliphatic rings. The Morgan fingerprint density at radius 1 is 1.40 bits per heavy atom. The van der Waals surface area contributed by atoms with E-state index in [9.17, 15) is 13.5 Å². The topological polar surface area (TPSA) is 106 Å². The molecule has 0 spiro atoms. The van der Waals surface area contributed by atoms with E-state index in [1.807, 2.05) is 6.92 Å². The third-order valence-corrected chi connectivity index (χ3v) is 5.87. The van der Waals surface area contributed by atoms with Crippen LogP contribution in [-0.4, -0.2) is 41.5 Å². The zero-order valence-corrected chi connectivity index (χ0v) is 15.0. The lowest BCUT2D eigenvalue weighted by molar-refractivity contribution is 0.0279. The Morgan fingerprint density at radius 2 is 2.16 bits per heavy atom. The third kappa shape index (κ3) is 3.83. The van der Waals surface area contributed by atoms with Gasteiger partial charge in [0.1, 0.15) is 4.90 Å². The van der Waals surface area contributed by atoms with Gasteiger partial charge < -0.3 is 9.84 Å². The van der Waals surface area contributed by atoms with Gasteiger partial charge in [-0.15, -0.1) is 0 Å². The van der Waals surface area contributed by atoms with Gasteiger partial charge in [0.15, 0.2) is 0 Å². The number of aromatic nitrogens is 3. The van der Waals surface area contributed by atoms with Crippen LogP contribution in [-0.2, 0) is 16.6 Å². The molecule has 0 saturated heterocycles. The predicted molar refractivity (Wildman–Crippen MR) is 90.5 cm³/mol. The van der Waals surface area contributed by atoms with Gasteiger partial charge in [-0.25, -0.2) is 18.1 Å². The van der Waals surface area contributed by atoms with Gasteiger partial charge in [0.05, 0.1) is 25.5 Å². The summed E-state index contributed by atoms with van der Waals surface area (Å²) in [4.78, 5) is 4.29. The maximum Gasteiger partial charge on any atom is 0.244 e. The monoisotopic (exact) mass is 366 g/mol. The highest BCUT2D eigenvalue weighted by atomic mass is 32.2.